The summed E-state index contributed by atoms with van der Waals surface area (Å²) in [5, 5.41) is 22.2. The zero-order chi connectivity index (χ0) is 19.5. The van der Waals surface area contributed by atoms with Gasteiger partial charge in [0.15, 0.2) is 5.60 Å². The minimum atomic E-state index is -1.18. The number of aliphatic hydroxyl groups is 1. The van der Waals surface area contributed by atoms with Crippen molar-refractivity contribution in [1.29, 1.82) is 0 Å². The van der Waals surface area contributed by atoms with Gasteiger partial charge < -0.3 is 19.7 Å². The van der Waals surface area contributed by atoms with E-state index in [1.807, 2.05) is 6.07 Å². The summed E-state index contributed by atoms with van der Waals surface area (Å²) in [6.45, 7) is 0. The summed E-state index contributed by atoms with van der Waals surface area (Å²) < 4.78 is 12.0. The molecule has 3 aliphatic rings. The molecule has 0 amide bonds. The Hall–Kier alpha value is -3.41. The number of rotatable bonds is 1. The smallest absolute Gasteiger partial charge is 0.342 e. The predicted octanol–water partition coefficient (Wildman–Crippen LogP) is 3.93. The van der Waals surface area contributed by atoms with Gasteiger partial charge >= 0.3 is 5.97 Å². The Morgan fingerprint density at radius 2 is 2.04 bits per heavy atom. The SMILES string of the molecule is O=C1OC2(c3ccc(O)cc3OC3C=C(O)C=CC32)c2cccc(N=C=S)c21. The number of ether oxygens (including phenoxy) is 2. The van der Waals surface area contributed by atoms with Crippen molar-refractivity contribution < 1.29 is 24.5 Å². The lowest BCUT2D eigenvalue weighted by Crippen LogP contribution is -2.48. The van der Waals surface area contributed by atoms with Crippen LogP contribution in [0, 0.1) is 5.92 Å². The molecule has 0 fully saturated rings. The maximum atomic E-state index is 12.9. The highest BCUT2D eigenvalue weighted by Crippen LogP contribution is 2.57. The first-order chi connectivity index (χ1) is 13.5. The Labute approximate surface area is 165 Å². The lowest BCUT2D eigenvalue weighted by Gasteiger charge is -2.44. The Morgan fingerprint density at radius 1 is 1.18 bits per heavy atom. The summed E-state index contributed by atoms with van der Waals surface area (Å²) >= 11 is 4.71. The number of carbonyl (C=O) groups excluding carboxylic acids is 1. The predicted molar refractivity (Wildman–Crippen MR) is 103 cm³/mol. The van der Waals surface area contributed by atoms with Crippen LogP contribution in [0.5, 0.6) is 11.5 Å². The van der Waals surface area contributed by atoms with Gasteiger partial charge in [-0.25, -0.2) is 4.79 Å². The monoisotopic (exact) mass is 391 g/mol. The molecule has 0 bridgehead atoms. The van der Waals surface area contributed by atoms with Gasteiger partial charge in [0.05, 0.1) is 22.3 Å². The maximum Gasteiger partial charge on any atom is 0.342 e. The number of hydrogen-bond acceptors (Lipinski definition) is 7. The number of aliphatic hydroxyl groups excluding tert-OH is 1. The van der Waals surface area contributed by atoms with Crippen molar-refractivity contribution in [3.05, 3.63) is 77.1 Å². The molecule has 3 unspecified atom stereocenters. The first-order valence-corrected chi connectivity index (χ1v) is 8.99. The second-order valence-electron chi connectivity index (χ2n) is 6.77. The van der Waals surface area contributed by atoms with Gasteiger partial charge in [0, 0.05) is 17.2 Å². The lowest BCUT2D eigenvalue weighted by molar-refractivity contribution is -0.0423. The Kier molecular flexibility index (Phi) is 3.46. The van der Waals surface area contributed by atoms with E-state index in [2.05, 4.69) is 10.2 Å². The molecule has 7 heteroatoms. The molecule has 1 spiro atoms. The van der Waals surface area contributed by atoms with Crippen molar-refractivity contribution in [2.45, 2.75) is 11.7 Å². The van der Waals surface area contributed by atoms with E-state index in [9.17, 15) is 15.0 Å². The summed E-state index contributed by atoms with van der Waals surface area (Å²) in [6.07, 6.45) is 4.30. The number of carbonyl (C=O) groups is 1. The third-order valence-corrected chi connectivity index (χ3v) is 5.42. The van der Waals surface area contributed by atoms with Crippen LogP contribution in [0.15, 0.2) is 65.4 Å². The minimum absolute atomic E-state index is 0.0236. The Bertz CT molecular complexity index is 1150. The minimum Gasteiger partial charge on any atom is -0.508 e. The van der Waals surface area contributed by atoms with E-state index in [0.29, 0.717) is 28.1 Å². The van der Waals surface area contributed by atoms with Gasteiger partial charge in [-0.3, -0.25) is 0 Å². The quantitative estimate of drug-likeness (QED) is 0.435. The van der Waals surface area contributed by atoms with Crippen LogP contribution in [-0.4, -0.2) is 27.4 Å². The highest BCUT2D eigenvalue weighted by molar-refractivity contribution is 7.78. The second kappa shape index (κ2) is 5.79. The van der Waals surface area contributed by atoms with E-state index in [1.54, 1.807) is 36.4 Å². The molecular weight excluding hydrogens is 378 g/mol. The molecule has 2 heterocycles. The van der Waals surface area contributed by atoms with Crippen molar-refractivity contribution in [3.63, 3.8) is 0 Å². The molecule has 28 heavy (non-hydrogen) atoms. The zero-order valence-corrected chi connectivity index (χ0v) is 15.1. The largest absolute Gasteiger partial charge is 0.508 e. The van der Waals surface area contributed by atoms with Crippen LogP contribution in [0.3, 0.4) is 0 Å². The summed E-state index contributed by atoms with van der Waals surface area (Å²) in [5.74, 6) is -0.479. The van der Waals surface area contributed by atoms with Gasteiger partial charge in [-0.05, 0) is 42.6 Å². The van der Waals surface area contributed by atoms with Gasteiger partial charge in [-0.2, -0.15) is 4.99 Å². The fraction of sp³-hybridized carbons (Fsp3) is 0.143. The third-order valence-electron chi connectivity index (χ3n) is 5.33. The van der Waals surface area contributed by atoms with Gasteiger partial charge in [-0.1, -0.05) is 18.2 Å². The number of phenolic OH excluding ortho intramolecular Hbond substituents is 1. The summed E-state index contributed by atoms with van der Waals surface area (Å²) in [7, 11) is 0. The number of benzene rings is 2. The number of phenols is 1. The summed E-state index contributed by atoms with van der Waals surface area (Å²) in [6, 6.07) is 9.95. The first-order valence-electron chi connectivity index (χ1n) is 8.58. The number of fused-ring (bicyclic) bond motifs is 6. The van der Waals surface area contributed by atoms with Crippen molar-refractivity contribution in [1.82, 2.24) is 0 Å². The molecule has 0 saturated carbocycles. The van der Waals surface area contributed by atoms with Crippen molar-refractivity contribution in [2.75, 3.05) is 0 Å². The Morgan fingerprint density at radius 3 is 2.86 bits per heavy atom. The summed E-state index contributed by atoms with van der Waals surface area (Å²) in [5.41, 5.74) is 0.775. The van der Waals surface area contributed by atoms with E-state index in [-0.39, 0.29) is 11.5 Å². The molecule has 0 saturated heterocycles. The van der Waals surface area contributed by atoms with Crippen molar-refractivity contribution >= 4 is 29.0 Å². The number of aliphatic imine (C=N–C) groups is 1. The molecule has 2 N–H and O–H groups in total. The van der Waals surface area contributed by atoms with Crippen LogP contribution < -0.4 is 4.74 Å². The van der Waals surface area contributed by atoms with E-state index in [4.69, 9.17) is 21.7 Å². The van der Waals surface area contributed by atoms with E-state index in [1.165, 1.54) is 12.1 Å². The van der Waals surface area contributed by atoms with E-state index >= 15 is 0 Å². The second-order valence-corrected chi connectivity index (χ2v) is 6.95. The Balaban J connectivity index is 1.85. The topological polar surface area (TPSA) is 88.4 Å². The number of nitrogens with zero attached hydrogens (tertiary/aromatic N) is 1. The molecule has 0 aromatic heterocycles. The van der Waals surface area contributed by atoms with Crippen LogP contribution in [0.4, 0.5) is 5.69 Å². The third kappa shape index (κ3) is 2.11. The molecule has 2 aliphatic heterocycles. The van der Waals surface area contributed by atoms with Gasteiger partial charge in [0.2, 0.25) is 0 Å². The number of hydrogen-bond donors (Lipinski definition) is 2. The van der Waals surface area contributed by atoms with Crippen molar-refractivity contribution in [2.24, 2.45) is 10.9 Å². The lowest BCUT2D eigenvalue weighted by atomic mass is 9.70. The zero-order valence-electron chi connectivity index (χ0n) is 14.3. The fourth-order valence-electron chi connectivity index (χ4n) is 4.26. The fourth-order valence-corrected chi connectivity index (χ4v) is 4.36. The molecule has 138 valence electrons. The van der Waals surface area contributed by atoms with Gasteiger partial charge in [0.1, 0.15) is 23.4 Å². The highest BCUT2D eigenvalue weighted by Gasteiger charge is 2.59. The molecular formula is C21H13NO5S. The number of aromatic hydroxyl groups is 1. The number of thiocarbonyl (C=S) groups is 1. The molecule has 2 aromatic rings. The molecule has 0 radical (unpaired) electrons. The molecule has 5 rings (SSSR count). The molecule has 1 aliphatic carbocycles. The maximum absolute atomic E-state index is 12.9. The van der Waals surface area contributed by atoms with Crippen LogP contribution in [0.1, 0.15) is 21.5 Å². The molecule has 3 atom stereocenters. The number of isothiocyanates is 1. The van der Waals surface area contributed by atoms with Crippen LogP contribution in [-0.2, 0) is 10.3 Å². The molecule has 6 nitrogen and oxygen atoms in total. The van der Waals surface area contributed by atoms with Crippen LogP contribution in [0.2, 0.25) is 0 Å². The van der Waals surface area contributed by atoms with Gasteiger partial charge in [0.25, 0.3) is 0 Å². The van der Waals surface area contributed by atoms with Crippen LogP contribution >= 0.6 is 12.2 Å². The van der Waals surface area contributed by atoms with Gasteiger partial charge in [-0.15, -0.1) is 0 Å². The average Bonchev–Trinajstić information content (AvgIpc) is 2.96. The normalized spacial score (nSPS) is 26.3. The van der Waals surface area contributed by atoms with E-state index < -0.39 is 23.6 Å². The number of allylic oxidation sites excluding steroid dienone is 1. The first kappa shape index (κ1) is 16.7. The van der Waals surface area contributed by atoms with Crippen LogP contribution in [0.25, 0.3) is 0 Å². The molecule has 2 aromatic carbocycles. The van der Waals surface area contributed by atoms with Crippen molar-refractivity contribution in [3.8, 4) is 11.5 Å². The highest BCUT2D eigenvalue weighted by atomic mass is 32.1. The standard InChI is InChI=1S/C21H13NO5S/c23-11-4-6-13-17(8-11)26-18-9-12(24)5-7-14(18)21(13)15-2-1-3-16(22-10-28)19(15)20(25)27-21/h1-9,13,17,23-24H. The summed E-state index contributed by atoms with van der Waals surface area (Å²) in [4.78, 5) is 16.9. The average molecular weight is 391 g/mol. The number of esters is 1. The van der Waals surface area contributed by atoms with E-state index in [0.717, 1.165) is 0 Å².